The third-order valence-corrected chi connectivity index (χ3v) is 8.79. The molecule has 1 aliphatic carbocycles. The average Bonchev–Trinajstić information content (AvgIpc) is 3.47. The number of nitrogens with zero attached hydrogens (tertiary/aromatic N) is 3. The first-order valence-corrected chi connectivity index (χ1v) is 13.5. The van der Waals surface area contributed by atoms with E-state index in [1.165, 1.54) is 94.0 Å². The van der Waals surface area contributed by atoms with E-state index in [9.17, 15) is 4.79 Å². The van der Waals surface area contributed by atoms with Crippen LogP contribution >= 0.6 is 0 Å². The number of nitrogens with two attached hydrogens (primary N) is 1. The Morgan fingerprint density at radius 3 is 2.35 bits per heavy atom. The maximum Gasteiger partial charge on any atom is 0.409 e. The highest BCUT2D eigenvalue weighted by Gasteiger charge is 2.31. The van der Waals surface area contributed by atoms with Crippen molar-refractivity contribution in [2.75, 3.05) is 26.2 Å². The summed E-state index contributed by atoms with van der Waals surface area (Å²) in [5.74, 6) is 2.29. The zero-order valence-corrected chi connectivity index (χ0v) is 21.0. The van der Waals surface area contributed by atoms with E-state index in [0.717, 1.165) is 24.4 Å². The Morgan fingerprint density at radius 2 is 1.71 bits per heavy atom. The summed E-state index contributed by atoms with van der Waals surface area (Å²) in [6, 6.07) is 7.31. The van der Waals surface area contributed by atoms with Gasteiger partial charge in [0.1, 0.15) is 5.75 Å². The number of amides is 1. The first-order valence-electron chi connectivity index (χ1n) is 13.5. The number of hydrogen-bond acceptors (Lipinski definition) is 4. The zero-order chi connectivity index (χ0) is 23.7. The van der Waals surface area contributed by atoms with E-state index in [1.807, 2.05) is 12.1 Å². The fourth-order valence-corrected chi connectivity index (χ4v) is 6.76. The van der Waals surface area contributed by atoms with Gasteiger partial charge in [0.15, 0.2) is 0 Å². The zero-order valence-electron chi connectivity index (χ0n) is 21.0. The predicted molar refractivity (Wildman–Crippen MR) is 137 cm³/mol. The molecule has 2 N–H and O–H groups in total. The van der Waals surface area contributed by atoms with Crippen molar-refractivity contribution in [3.63, 3.8) is 0 Å². The van der Waals surface area contributed by atoms with Crippen LogP contribution in [0.2, 0.25) is 0 Å². The predicted octanol–water partition coefficient (Wildman–Crippen LogP) is 5.55. The Kier molecular flexibility index (Phi) is 7.16. The number of aromatic nitrogens is 1. The van der Waals surface area contributed by atoms with Crippen LogP contribution in [0.25, 0.3) is 10.9 Å². The van der Waals surface area contributed by atoms with Crippen molar-refractivity contribution in [2.24, 2.45) is 17.6 Å². The Bertz CT molecular complexity index is 978. The van der Waals surface area contributed by atoms with Gasteiger partial charge in [-0.15, -0.1) is 0 Å². The van der Waals surface area contributed by atoms with Crippen LogP contribution in [0.15, 0.2) is 24.4 Å². The van der Waals surface area contributed by atoms with Gasteiger partial charge in [0.2, 0.25) is 0 Å². The highest BCUT2D eigenvalue weighted by Crippen LogP contribution is 2.37. The number of carbonyl (C=O) groups is 1. The second kappa shape index (κ2) is 10.3. The van der Waals surface area contributed by atoms with Crippen LogP contribution in [0, 0.1) is 11.8 Å². The molecule has 3 fully saturated rings. The van der Waals surface area contributed by atoms with Gasteiger partial charge >= 0.3 is 6.09 Å². The fourth-order valence-electron chi connectivity index (χ4n) is 6.76. The van der Waals surface area contributed by atoms with Gasteiger partial charge < -0.3 is 19.9 Å². The summed E-state index contributed by atoms with van der Waals surface area (Å²) in [6.45, 7) is 10.5. The van der Waals surface area contributed by atoms with Gasteiger partial charge in [0.05, 0.1) is 0 Å². The van der Waals surface area contributed by atoms with Crippen molar-refractivity contribution in [3.8, 4) is 5.75 Å². The van der Waals surface area contributed by atoms with Gasteiger partial charge in [-0.05, 0) is 100 Å². The summed E-state index contributed by atoms with van der Waals surface area (Å²) in [7, 11) is 0. The van der Waals surface area contributed by atoms with Crippen LogP contribution < -0.4 is 10.5 Å². The molecule has 2 aromatic rings. The lowest BCUT2D eigenvalue weighted by molar-refractivity contribution is 0.0893. The van der Waals surface area contributed by atoms with E-state index >= 15 is 0 Å². The molecular formula is C28H42N4O2. The van der Waals surface area contributed by atoms with E-state index in [0.29, 0.717) is 11.8 Å². The lowest BCUT2D eigenvalue weighted by Gasteiger charge is -2.42. The smallest absolute Gasteiger partial charge is 0.409 e. The maximum absolute atomic E-state index is 11.3. The highest BCUT2D eigenvalue weighted by atomic mass is 16.5. The van der Waals surface area contributed by atoms with Gasteiger partial charge in [0, 0.05) is 48.8 Å². The lowest BCUT2D eigenvalue weighted by Crippen LogP contribution is -2.43. The maximum atomic E-state index is 11.3. The van der Waals surface area contributed by atoms with Crippen molar-refractivity contribution < 1.29 is 9.53 Å². The molecule has 1 aromatic carbocycles. The van der Waals surface area contributed by atoms with Gasteiger partial charge in [-0.3, -0.25) is 4.90 Å². The molecule has 2 aliphatic heterocycles. The molecular weight excluding hydrogens is 424 g/mol. The van der Waals surface area contributed by atoms with Gasteiger partial charge in [0.25, 0.3) is 0 Å². The molecule has 0 unspecified atom stereocenters. The summed E-state index contributed by atoms with van der Waals surface area (Å²) < 4.78 is 7.73. The van der Waals surface area contributed by atoms with Gasteiger partial charge in [-0.25, -0.2) is 4.79 Å². The monoisotopic (exact) mass is 466 g/mol. The minimum Gasteiger partial charge on any atom is -0.410 e. The number of benzene rings is 1. The molecule has 6 heteroatoms. The molecule has 186 valence electrons. The molecule has 1 amide bonds. The standard InChI is InChI=1S/C28H42N4O2/c1-20(2)21-5-7-23(8-6-21)31-15-11-24(12-16-31)32-19-22(18-30-13-3-4-14-30)26-17-25(34-28(29)33)9-10-27(26)32/h9-10,17,19-21,23-24H,3-8,11-16,18H2,1-2H3,(H2,29,33). The SMILES string of the molecule is CC(C)C1CCC(N2CCC(n3cc(CN4CCCC4)c4cc(OC(N)=O)ccc43)CC2)CC1. The van der Waals surface area contributed by atoms with E-state index < -0.39 is 6.09 Å². The van der Waals surface area contributed by atoms with E-state index in [2.05, 4.69) is 40.5 Å². The summed E-state index contributed by atoms with van der Waals surface area (Å²) in [5.41, 5.74) is 7.86. The number of fused-ring (bicyclic) bond motifs is 1. The van der Waals surface area contributed by atoms with Crippen molar-refractivity contribution in [2.45, 2.75) is 83.8 Å². The molecule has 3 aliphatic rings. The minimum atomic E-state index is -0.755. The number of primary amides is 1. The van der Waals surface area contributed by atoms with E-state index in [-0.39, 0.29) is 0 Å². The second-order valence-corrected chi connectivity index (χ2v) is 11.2. The number of hydrogen-bond donors (Lipinski definition) is 1. The van der Waals surface area contributed by atoms with Gasteiger partial charge in [-0.2, -0.15) is 0 Å². The Labute approximate surface area is 204 Å². The number of carbonyl (C=O) groups excluding carboxylic acids is 1. The van der Waals surface area contributed by atoms with Crippen LogP contribution in [-0.2, 0) is 6.54 Å². The molecule has 6 nitrogen and oxygen atoms in total. The Hall–Kier alpha value is -2.05. The van der Waals surface area contributed by atoms with E-state index in [1.54, 1.807) is 0 Å². The first-order chi connectivity index (χ1) is 16.5. The lowest BCUT2D eigenvalue weighted by atomic mass is 9.79. The third kappa shape index (κ3) is 5.13. The Balaban J connectivity index is 1.30. The molecule has 0 spiro atoms. The van der Waals surface area contributed by atoms with Crippen molar-refractivity contribution in [3.05, 3.63) is 30.0 Å². The van der Waals surface area contributed by atoms with Crippen LogP contribution in [-0.4, -0.2) is 52.7 Å². The first kappa shape index (κ1) is 23.7. The summed E-state index contributed by atoms with van der Waals surface area (Å²) in [6.07, 6.45) is 12.2. The second-order valence-electron chi connectivity index (χ2n) is 11.2. The van der Waals surface area contributed by atoms with Crippen molar-refractivity contribution in [1.29, 1.82) is 0 Å². The van der Waals surface area contributed by atoms with Crippen LogP contribution in [0.3, 0.4) is 0 Å². The highest BCUT2D eigenvalue weighted by molar-refractivity contribution is 5.86. The number of ether oxygens (including phenoxy) is 1. The molecule has 1 aromatic heterocycles. The minimum absolute atomic E-state index is 0.529. The molecule has 0 radical (unpaired) electrons. The summed E-state index contributed by atoms with van der Waals surface area (Å²) in [4.78, 5) is 16.6. The van der Waals surface area contributed by atoms with Crippen LogP contribution in [0.1, 0.15) is 76.8 Å². The summed E-state index contributed by atoms with van der Waals surface area (Å²) in [5, 5.41) is 1.19. The fraction of sp³-hybridized carbons (Fsp3) is 0.679. The molecule has 3 heterocycles. The molecule has 34 heavy (non-hydrogen) atoms. The number of piperidine rings is 1. The number of likely N-dealkylation sites (tertiary alicyclic amines) is 2. The molecule has 5 rings (SSSR count). The molecule has 1 saturated carbocycles. The largest absolute Gasteiger partial charge is 0.410 e. The van der Waals surface area contributed by atoms with E-state index in [4.69, 9.17) is 10.5 Å². The number of rotatable bonds is 6. The van der Waals surface area contributed by atoms with Crippen molar-refractivity contribution in [1.82, 2.24) is 14.4 Å². The van der Waals surface area contributed by atoms with Crippen LogP contribution in [0.4, 0.5) is 4.79 Å². The Morgan fingerprint density at radius 1 is 1.00 bits per heavy atom. The average molecular weight is 467 g/mol. The topological polar surface area (TPSA) is 63.7 Å². The molecule has 0 atom stereocenters. The molecule has 2 saturated heterocycles. The van der Waals surface area contributed by atoms with Crippen LogP contribution in [0.5, 0.6) is 5.75 Å². The third-order valence-electron chi connectivity index (χ3n) is 8.79. The summed E-state index contributed by atoms with van der Waals surface area (Å²) >= 11 is 0. The van der Waals surface area contributed by atoms with Gasteiger partial charge in [-0.1, -0.05) is 13.8 Å². The molecule has 0 bridgehead atoms. The normalized spacial score (nSPS) is 25.4. The van der Waals surface area contributed by atoms with Crippen molar-refractivity contribution >= 4 is 17.0 Å². The quantitative estimate of drug-likeness (QED) is 0.607.